The molecule has 0 heterocycles. The standard InChI is InChI=1S/C15H10F3N/c16-15-13-8-4-3-6-11(13)10-5-1-2-7-12(10)14(15)9-19(17)18/h1-8H,9H2. The zero-order valence-corrected chi connectivity index (χ0v) is 9.91. The Morgan fingerprint density at radius 2 is 1.21 bits per heavy atom. The molecule has 0 bridgehead atoms. The first-order valence-electron chi connectivity index (χ1n) is 5.85. The quantitative estimate of drug-likeness (QED) is 0.477. The predicted molar refractivity (Wildman–Crippen MR) is 69.2 cm³/mol. The number of nitrogens with zero attached hydrogens (tertiary/aromatic N) is 1. The summed E-state index contributed by atoms with van der Waals surface area (Å²) in [4.78, 5) is 0. The van der Waals surface area contributed by atoms with Crippen LogP contribution >= 0.6 is 0 Å². The minimum atomic E-state index is -1.00. The van der Waals surface area contributed by atoms with Gasteiger partial charge in [-0.15, -0.1) is 8.96 Å². The lowest BCUT2D eigenvalue weighted by atomic mass is 9.96. The van der Waals surface area contributed by atoms with Crippen LogP contribution in [0.1, 0.15) is 5.56 Å². The molecule has 19 heavy (non-hydrogen) atoms. The molecule has 1 nitrogen and oxygen atoms in total. The highest BCUT2D eigenvalue weighted by Crippen LogP contribution is 2.32. The van der Waals surface area contributed by atoms with Gasteiger partial charge in [0.15, 0.2) is 0 Å². The number of hydrogen-bond donors (Lipinski definition) is 0. The van der Waals surface area contributed by atoms with E-state index >= 15 is 0 Å². The van der Waals surface area contributed by atoms with Crippen molar-refractivity contribution in [2.75, 3.05) is 0 Å². The van der Waals surface area contributed by atoms with E-state index in [1.807, 2.05) is 18.2 Å². The molecule has 0 saturated heterocycles. The third-order valence-corrected chi connectivity index (χ3v) is 3.25. The number of halogens is 3. The van der Waals surface area contributed by atoms with Gasteiger partial charge in [-0.25, -0.2) is 4.39 Å². The maximum Gasteiger partial charge on any atom is 0.136 e. The Morgan fingerprint density at radius 3 is 1.79 bits per heavy atom. The first kappa shape index (κ1) is 12.0. The average molecular weight is 261 g/mol. The van der Waals surface area contributed by atoms with Gasteiger partial charge in [0.25, 0.3) is 0 Å². The van der Waals surface area contributed by atoms with Crippen LogP contribution in [0.5, 0.6) is 0 Å². The van der Waals surface area contributed by atoms with Gasteiger partial charge in [-0.05, 0) is 16.2 Å². The lowest BCUT2D eigenvalue weighted by Gasteiger charge is -2.12. The zero-order valence-electron chi connectivity index (χ0n) is 9.91. The summed E-state index contributed by atoms with van der Waals surface area (Å²) in [6.45, 7) is -0.725. The van der Waals surface area contributed by atoms with Crippen molar-refractivity contribution in [3.63, 3.8) is 0 Å². The topological polar surface area (TPSA) is 3.24 Å². The van der Waals surface area contributed by atoms with Crippen LogP contribution in [-0.2, 0) is 6.54 Å². The maximum atomic E-state index is 14.4. The number of fused-ring (bicyclic) bond motifs is 3. The molecule has 0 unspecified atom stereocenters. The minimum Gasteiger partial charge on any atom is -0.206 e. The molecule has 0 atom stereocenters. The second-order valence-corrected chi connectivity index (χ2v) is 4.34. The van der Waals surface area contributed by atoms with Gasteiger partial charge < -0.3 is 0 Å². The highest BCUT2D eigenvalue weighted by Gasteiger charge is 2.16. The Hall–Kier alpha value is -2.07. The van der Waals surface area contributed by atoms with Gasteiger partial charge in [0, 0.05) is 16.3 Å². The van der Waals surface area contributed by atoms with Crippen LogP contribution in [0, 0.1) is 5.82 Å². The van der Waals surface area contributed by atoms with Gasteiger partial charge in [0.1, 0.15) is 5.82 Å². The molecule has 0 spiro atoms. The van der Waals surface area contributed by atoms with Crippen LogP contribution in [0.15, 0.2) is 48.5 Å². The van der Waals surface area contributed by atoms with E-state index in [9.17, 15) is 13.4 Å². The molecule has 3 aromatic rings. The monoisotopic (exact) mass is 261 g/mol. The van der Waals surface area contributed by atoms with E-state index in [0.29, 0.717) is 10.8 Å². The fourth-order valence-electron chi connectivity index (χ4n) is 2.45. The summed E-state index contributed by atoms with van der Waals surface area (Å²) >= 11 is 0. The Labute approximate surface area is 107 Å². The zero-order chi connectivity index (χ0) is 13.4. The van der Waals surface area contributed by atoms with Crippen LogP contribution in [0.4, 0.5) is 13.4 Å². The Bertz CT molecular complexity index is 753. The summed E-state index contributed by atoms with van der Waals surface area (Å²) in [7, 11) is 0. The highest BCUT2D eigenvalue weighted by molar-refractivity contribution is 6.09. The largest absolute Gasteiger partial charge is 0.206 e. The van der Waals surface area contributed by atoms with Crippen molar-refractivity contribution in [3.8, 4) is 0 Å². The predicted octanol–water partition coefficient (Wildman–Crippen LogP) is 4.70. The Kier molecular flexibility index (Phi) is 2.87. The Balaban J connectivity index is 2.47. The normalized spacial score (nSPS) is 11.6. The van der Waals surface area contributed by atoms with Crippen molar-refractivity contribution in [2.24, 2.45) is 0 Å². The van der Waals surface area contributed by atoms with Crippen molar-refractivity contribution in [3.05, 3.63) is 59.9 Å². The third-order valence-electron chi connectivity index (χ3n) is 3.25. The first-order chi connectivity index (χ1) is 9.18. The smallest absolute Gasteiger partial charge is 0.136 e. The summed E-state index contributed by atoms with van der Waals surface area (Å²) in [5, 5.41) is 1.43. The molecule has 3 rings (SSSR count). The SMILES string of the molecule is Fc1c(CN(F)F)c2ccccc2c2ccccc12. The summed E-state index contributed by atoms with van der Waals surface area (Å²) in [6, 6.07) is 14.0. The molecule has 0 aliphatic rings. The van der Waals surface area contributed by atoms with Crippen molar-refractivity contribution in [1.29, 1.82) is 0 Å². The number of hydrogen-bond acceptors (Lipinski definition) is 1. The van der Waals surface area contributed by atoms with E-state index in [1.54, 1.807) is 30.3 Å². The summed E-state index contributed by atoms with van der Waals surface area (Å²) in [5.41, 5.74) is 0.0271. The second kappa shape index (κ2) is 4.55. The van der Waals surface area contributed by atoms with Crippen LogP contribution in [0.3, 0.4) is 0 Å². The van der Waals surface area contributed by atoms with Crippen LogP contribution < -0.4 is 0 Å². The second-order valence-electron chi connectivity index (χ2n) is 4.34. The molecule has 4 heteroatoms. The van der Waals surface area contributed by atoms with E-state index in [1.165, 1.54) is 0 Å². The summed E-state index contributed by atoms with van der Waals surface area (Å²) < 4.78 is 39.4. The molecule has 0 saturated carbocycles. The molecule has 0 amide bonds. The molecule has 0 aliphatic heterocycles. The fourth-order valence-corrected chi connectivity index (χ4v) is 2.45. The fraction of sp³-hybridized carbons (Fsp3) is 0.0667. The third kappa shape index (κ3) is 1.94. The molecular weight excluding hydrogens is 251 g/mol. The summed E-state index contributed by atoms with van der Waals surface area (Å²) in [6.07, 6.45) is 0. The van der Waals surface area contributed by atoms with Gasteiger partial charge in [-0.3, -0.25) is 0 Å². The lowest BCUT2D eigenvalue weighted by molar-refractivity contribution is -0.161. The van der Waals surface area contributed by atoms with Gasteiger partial charge in [-0.1, -0.05) is 48.5 Å². The van der Waals surface area contributed by atoms with Crippen LogP contribution in [0.2, 0.25) is 0 Å². The van der Waals surface area contributed by atoms with Crippen LogP contribution in [-0.4, -0.2) is 5.34 Å². The van der Waals surface area contributed by atoms with Crippen LogP contribution in [0.25, 0.3) is 21.5 Å². The van der Waals surface area contributed by atoms with E-state index in [0.717, 1.165) is 10.8 Å². The molecular formula is C15H10F3N. The average Bonchev–Trinajstić information content (AvgIpc) is 2.43. The van der Waals surface area contributed by atoms with Gasteiger partial charge in [0.05, 0.1) is 6.54 Å². The molecule has 0 aromatic heterocycles. The lowest BCUT2D eigenvalue weighted by Crippen LogP contribution is -2.04. The molecule has 0 radical (unpaired) electrons. The van der Waals surface area contributed by atoms with Gasteiger partial charge >= 0.3 is 0 Å². The van der Waals surface area contributed by atoms with E-state index < -0.39 is 17.7 Å². The molecule has 3 aromatic carbocycles. The number of rotatable bonds is 2. The molecule has 96 valence electrons. The van der Waals surface area contributed by atoms with Crippen molar-refractivity contribution in [1.82, 2.24) is 5.34 Å². The first-order valence-corrected chi connectivity index (χ1v) is 5.85. The van der Waals surface area contributed by atoms with Gasteiger partial charge in [0.2, 0.25) is 0 Å². The maximum absolute atomic E-state index is 14.4. The molecule has 0 N–H and O–H groups in total. The van der Waals surface area contributed by atoms with E-state index in [2.05, 4.69) is 0 Å². The van der Waals surface area contributed by atoms with E-state index in [4.69, 9.17) is 0 Å². The molecule has 0 fully saturated rings. The minimum absolute atomic E-state index is 0.0271. The number of benzene rings is 3. The Morgan fingerprint density at radius 1 is 0.737 bits per heavy atom. The highest BCUT2D eigenvalue weighted by atomic mass is 19.4. The molecule has 0 aliphatic carbocycles. The van der Waals surface area contributed by atoms with Crippen molar-refractivity contribution < 1.29 is 13.4 Å². The van der Waals surface area contributed by atoms with Gasteiger partial charge in [-0.2, -0.15) is 0 Å². The van der Waals surface area contributed by atoms with Crippen molar-refractivity contribution >= 4 is 21.5 Å². The van der Waals surface area contributed by atoms with E-state index in [-0.39, 0.29) is 5.56 Å². The summed E-state index contributed by atoms with van der Waals surface area (Å²) in [5.74, 6) is -0.574. The van der Waals surface area contributed by atoms with Crippen molar-refractivity contribution in [2.45, 2.75) is 6.54 Å².